The van der Waals surface area contributed by atoms with Crippen LogP contribution in [0.1, 0.15) is 21.8 Å². The van der Waals surface area contributed by atoms with Crippen LogP contribution < -0.4 is 10.6 Å². The van der Waals surface area contributed by atoms with Crippen molar-refractivity contribution in [2.45, 2.75) is 10.3 Å². The molecule has 1 aliphatic carbocycles. The highest BCUT2D eigenvalue weighted by molar-refractivity contribution is 9.10. The number of H-pyrrole nitrogens is 1. The first kappa shape index (κ1) is 25.7. The Morgan fingerprint density at radius 3 is 2.36 bits per heavy atom. The van der Waals surface area contributed by atoms with Crippen LogP contribution in [0.5, 0.6) is 0 Å². The van der Waals surface area contributed by atoms with Crippen molar-refractivity contribution in [3.63, 3.8) is 0 Å². The number of nitrogens with one attached hydrogen (secondary N) is 3. The van der Waals surface area contributed by atoms with E-state index in [4.69, 9.17) is 58.0 Å². The molecule has 5 nitrogen and oxygen atoms in total. The summed E-state index contributed by atoms with van der Waals surface area (Å²) in [6.07, 6.45) is 1.81. The molecule has 5 rings (SSSR count). The largest absolute Gasteiger partial charge is 0.361 e. The van der Waals surface area contributed by atoms with Gasteiger partial charge in [0.1, 0.15) is 4.33 Å². The van der Waals surface area contributed by atoms with Crippen molar-refractivity contribution in [3.05, 3.63) is 91.5 Å². The molecule has 1 fully saturated rings. The molecule has 0 unspecified atom stereocenters. The maximum atomic E-state index is 13.1. The number of aromatic nitrogens is 1. The van der Waals surface area contributed by atoms with Crippen LogP contribution in [0.3, 0.4) is 0 Å². The number of fused-ring (bicyclic) bond motifs is 1. The molecule has 184 valence electrons. The van der Waals surface area contributed by atoms with Gasteiger partial charge in [-0.25, -0.2) is 0 Å². The Morgan fingerprint density at radius 2 is 1.64 bits per heavy atom. The highest BCUT2D eigenvalue weighted by atomic mass is 79.9. The SMILES string of the molecule is O=C(Nc1cc2[nH]ccc2cc1Br)c1cc(NC(=O)[C@@H]2[C@@H](c3cc(Cl)cc(Cl)c3)C2(Cl)Cl)ccc1Cl. The first-order chi connectivity index (χ1) is 17.0. The molecule has 3 aromatic carbocycles. The minimum atomic E-state index is -1.33. The van der Waals surface area contributed by atoms with E-state index < -0.39 is 28.0 Å². The molecule has 1 aliphatic rings. The molecule has 1 heterocycles. The smallest absolute Gasteiger partial charge is 0.257 e. The Labute approximate surface area is 239 Å². The number of halogens is 6. The van der Waals surface area contributed by atoms with Crippen LogP contribution in [0.25, 0.3) is 10.9 Å². The van der Waals surface area contributed by atoms with E-state index in [9.17, 15) is 9.59 Å². The fraction of sp³-hybridized carbons (Fsp3) is 0.120. The van der Waals surface area contributed by atoms with E-state index in [-0.39, 0.29) is 10.6 Å². The summed E-state index contributed by atoms with van der Waals surface area (Å²) in [6.45, 7) is 0. The third kappa shape index (κ3) is 4.95. The van der Waals surface area contributed by atoms with E-state index >= 15 is 0 Å². The molecule has 0 radical (unpaired) electrons. The highest BCUT2D eigenvalue weighted by Gasteiger charge is 2.67. The predicted octanol–water partition coefficient (Wildman–Crippen LogP) is 8.67. The number of anilines is 2. The minimum Gasteiger partial charge on any atom is -0.361 e. The number of amides is 2. The molecule has 1 saturated carbocycles. The van der Waals surface area contributed by atoms with Crippen molar-refractivity contribution in [3.8, 4) is 0 Å². The second-order valence-corrected chi connectivity index (χ2v) is 11.9. The molecule has 2 amide bonds. The number of rotatable bonds is 5. The average Bonchev–Trinajstić information content (AvgIpc) is 3.12. The first-order valence-electron chi connectivity index (χ1n) is 10.6. The summed E-state index contributed by atoms with van der Waals surface area (Å²) >= 11 is 34.9. The lowest BCUT2D eigenvalue weighted by molar-refractivity contribution is -0.117. The number of carbonyl (C=O) groups excluding carboxylic acids is 2. The summed E-state index contributed by atoms with van der Waals surface area (Å²) in [5.41, 5.74) is 2.65. The Bertz CT molecular complexity index is 1520. The van der Waals surface area contributed by atoms with Gasteiger partial charge in [0, 0.05) is 43.2 Å². The van der Waals surface area contributed by atoms with Crippen LogP contribution in [0.2, 0.25) is 15.1 Å². The van der Waals surface area contributed by atoms with Gasteiger partial charge in [-0.15, -0.1) is 23.2 Å². The third-order valence-corrected chi connectivity index (χ3v) is 8.31. The zero-order valence-electron chi connectivity index (χ0n) is 18.0. The van der Waals surface area contributed by atoms with Gasteiger partial charge in [-0.1, -0.05) is 34.8 Å². The fourth-order valence-corrected chi connectivity index (χ4v) is 6.21. The van der Waals surface area contributed by atoms with E-state index in [2.05, 4.69) is 31.5 Å². The Kier molecular flexibility index (Phi) is 6.96. The van der Waals surface area contributed by atoms with Gasteiger partial charge in [0.05, 0.1) is 22.2 Å². The molecule has 0 aliphatic heterocycles. The van der Waals surface area contributed by atoms with Gasteiger partial charge in [-0.3, -0.25) is 9.59 Å². The van der Waals surface area contributed by atoms with Gasteiger partial charge in [0.15, 0.2) is 0 Å². The van der Waals surface area contributed by atoms with Gasteiger partial charge in [0.2, 0.25) is 5.91 Å². The summed E-state index contributed by atoms with van der Waals surface area (Å²) in [4.78, 5) is 29.2. The predicted molar refractivity (Wildman–Crippen MR) is 151 cm³/mol. The molecular weight excluding hydrogens is 631 g/mol. The van der Waals surface area contributed by atoms with E-state index in [1.807, 2.05) is 24.4 Å². The van der Waals surface area contributed by atoms with Crippen LogP contribution >= 0.6 is 73.9 Å². The maximum Gasteiger partial charge on any atom is 0.257 e. The summed E-state index contributed by atoms with van der Waals surface area (Å²) in [7, 11) is 0. The van der Waals surface area contributed by atoms with Gasteiger partial charge < -0.3 is 15.6 Å². The van der Waals surface area contributed by atoms with Crippen molar-refractivity contribution in [2.75, 3.05) is 10.6 Å². The second-order valence-electron chi connectivity index (χ2n) is 8.37. The zero-order chi connectivity index (χ0) is 25.8. The molecule has 0 bridgehead atoms. The van der Waals surface area contributed by atoms with Crippen LogP contribution in [-0.4, -0.2) is 21.1 Å². The lowest BCUT2D eigenvalue weighted by atomic mass is 10.1. The Balaban J connectivity index is 1.34. The summed E-state index contributed by atoms with van der Waals surface area (Å²) in [5, 5.41) is 7.69. The molecule has 36 heavy (non-hydrogen) atoms. The number of alkyl halides is 2. The van der Waals surface area contributed by atoms with Crippen molar-refractivity contribution >= 4 is 108 Å². The molecular formula is C25H15BrCl5N3O2. The first-order valence-corrected chi connectivity index (χ1v) is 13.2. The quantitative estimate of drug-likeness (QED) is 0.190. The summed E-state index contributed by atoms with van der Waals surface area (Å²) in [6, 6.07) is 15.2. The lowest BCUT2D eigenvalue weighted by Gasteiger charge is -2.11. The Hall–Kier alpha value is -1.93. The maximum absolute atomic E-state index is 13.1. The van der Waals surface area contributed by atoms with Gasteiger partial charge in [0.25, 0.3) is 5.91 Å². The second kappa shape index (κ2) is 9.75. The highest BCUT2D eigenvalue weighted by Crippen LogP contribution is 2.65. The molecule has 1 aromatic heterocycles. The van der Waals surface area contributed by atoms with E-state index in [1.54, 1.807) is 24.3 Å². The van der Waals surface area contributed by atoms with Crippen molar-refractivity contribution in [1.29, 1.82) is 0 Å². The topological polar surface area (TPSA) is 74.0 Å². The number of carbonyl (C=O) groups is 2. The monoisotopic (exact) mass is 643 g/mol. The minimum absolute atomic E-state index is 0.185. The Morgan fingerprint density at radius 1 is 0.917 bits per heavy atom. The standard InChI is InChI=1S/C25H15BrCl5N3O2/c26-17-7-11-3-4-32-19(11)10-20(17)34-23(35)16-9-15(1-2-18(16)29)33-24(36)22-21(25(22,30)31)12-5-13(27)8-14(28)6-12/h1-10,21-22,32H,(H,33,36)(H,34,35)/t21-,22+/m1/s1. The molecule has 11 heteroatoms. The zero-order valence-corrected chi connectivity index (χ0v) is 23.4. The fourth-order valence-electron chi connectivity index (χ4n) is 4.18. The molecule has 2 atom stereocenters. The van der Waals surface area contributed by atoms with Crippen LogP contribution in [0, 0.1) is 5.92 Å². The van der Waals surface area contributed by atoms with E-state index in [0.29, 0.717) is 31.5 Å². The van der Waals surface area contributed by atoms with Crippen LogP contribution in [0.15, 0.2) is 65.3 Å². The van der Waals surface area contributed by atoms with E-state index in [0.717, 1.165) is 10.9 Å². The van der Waals surface area contributed by atoms with Crippen molar-refractivity contribution < 1.29 is 9.59 Å². The lowest BCUT2D eigenvalue weighted by Crippen LogP contribution is -2.18. The van der Waals surface area contributed by atoms with Crippen LogP contribution in [0.4, 0.5) is 11.4 Å². The van der Waals surface area contributed by atoms with Gasteiger partial charge >= 0.3 is 0 Å². The molecule has 0 saturated heterocycles. The number of aromatic amines is 1. The normalized spacial score (nSPS) is 18.2. The summed E-state index contributed by atoms with van der Waals surface area (Å²) in [5.74, 6) is -2.08. The molecule has 4 aromatic rings. The molecule has 3 N–H and O–H groups in total. The number of benzene rings is 3. The summed E-state index contributed by atoms with van der Waals surface area (Å²) < 4.78 is -0.613. The average molecular weight is 647 g/mol. The third-order valence-electron chi connectivity index (χ3n) is 5.95. The number of hydrogen-bond acceptors (Lipinski definition) is 2. The van der Waals surface area contributed by atoms with E-state index in [1.165, 1.54) is 12.1 Å². The van der Waals surface area contributed by atoms with Gasteiger partial charge in [-0.05, 0) is 76.1 Å². The number of hydrogen-bond donors (Lipinski definition) is 3. The van der Waals surface area contributed by atoms with Crippen LogP contribution in [-0.2, 0) is 4.79 Å². The molecule has 0 spiro atoms. The van der Waals surface area contributed by atoms with Crippen molar-refractivity contribution in [1.82, 2.24) is 4.98 Å². The van der Waals surface area contributed by atoms with Crippen molar-refractivity contribution in [2.24, 2.45) is 5.92 Å². The van der Waals surface area contributed by atoms with Gasteiger partial charge in [-0.2, -0.15) is 0 Å².